The Morgan fingerprint density at radius 3 is 2.57 bits per heavy atom. The maximum atomic E-state index is 13.7. The van der Waals surface area contributed by atoms with Crippen LogP contribution >= 0.6 is 0 Å². The molecule has 1 heterocycles. The normalized spacial score (nSPS) is 22.4. The van der Waals surface area contributed by atoms with Crippen LogP contribution in [0.4, 0.5) is 8.78 Å². The second-order valence-electron chi connectivity index (χ2n) is 8.32. The first kappa shape index (κ1) is 20.4. The molecule has 3 rings (SSSR count). The van der Waals surface area contributed by atoms with Crippen molar-refractivity contribution in [2.24, 2.45) is 0 Å². The molecular formula is C20H25F2N3O3. The van der Waals surface area contributed by atoms with Gasteiger partial charge in [0.25, 0.3) is 11.5 Å². The number of amides is 1. The van der Waals surface area contributed by atoms with E-state index in [0.717, 1.165) is 11.6 Å². The molecule has 8 heteroatoms. The van der Waals surface area contributed by atoms with Gasteiger partial charge in [-0.2, -0.15) is 5.10 Å². The fraction of sp³-hybridized carbons (Fsp3) is 0.550. The summed E-state index contributed by atoms with van der Waals surface area (Å²) in [5.74, 6) is -3.53. The first-order valence-corrected chi connectivity index (χ1v) is 9.32. The van der Waals surface area contributed by atoms with Crippen LogP contribution < -0.4 is 10.9 Å². The van der Waals surface area contributed by atoms with Gasteiger partial charge < -0.3 is 10.4 Å². The topological polar surface area (TPSA) is 84.2 Å². The van der Waals surface area contributed by atoms with Gasteiger partial charge in [-0.1, -0.05) is 19.9 Å². The molecule has 1 aliphatic carbocycles. The highest BCUT2D eigenvalue weighted by Gasteiger charge is 2.39. The number of aromatic nitrogens is 2. The molecule has 0 atom stereocenters. The van der Waals surface area contributed by atoms with Crippen molar-refractivity contribution in [1.29, 1.82) is 0 Å². The number of hydrogen-bond acceptors (Lipinski definition) is 4. The fourth-order valence-electron chi connectivity index (χ4n) is 3.63. The van der Waals surface area contributed by atoms with Crippen LogP contribution in [0, 0.1) is 0 Å². The summed E-state index contributed by atoms with van der Waals surface area (Å²) in [4.78, 5) is 25.1. The molecule has 1 fully saturated rings. The number of aliphatic hydroxyl groups is 1. The lowest BCUT2D eigenvalue weighted by molar-refractivity contribution is -0.125. The maximum Gasteiger partial charge on any atom is 0.275 e. The molecule has 2 N–H and O–H groups in total. The Morgan fingerprint density at radius 1 is 1.39 bits per heavy atom. The Balaban J connectivity index is 1.94. The van der Waals surface area contributed by atoms with Crippen LogP contribution in [0.1, 0.15) is 57.7 Å². The highest BCUT2D eigenvalue weighted by atomic mass is 19.3. The molecule has 1 saturated carbocycles. The Kier molecular flexibility index (Phi) is 5.04. The zero-order chi connectivity index (χ0) is 20.9. The monoisotopic (exact) mass is 393 g/mol. The highest BCUT2D eigenvalue weighted by molar-refractivity contribution is 5.85. The van der Waals surface area contributed by atoms with Crippen molar-refractivity contribution in [1.82, 2.24) is 15.1 Å². The average molecular weight is 393 g/mol. The molecule has 2 aromatic rings. The first-order chi connectivity index (χ1) is 12.9. The molecule has 152 valence electrons. The van der Waals surface area contributed by atoms with E-state index in [1.807, 2.05) is 13.8 Å². The number of halogens is 2. The standard InChI is InChI=1S/C20H25F2N3O3/c1-11(2)17-15-7-12(20(4,21)22)5-6-14(15)18(27)25(24-17)10-16(26)23-13-8-19(3,28)9-13/h5-7,11,13,28H,8-10H2,1-4H3,(H,23,26). The third kappa shape index (κ3) is 4.06. The van der Waals surface area contributed by atoms with Crippen molar-refractivity contribution in [2.45, 2.75) is 70.6 Å². The van der Waals surface area contributed by atoms with E-state index < -0.39 is 17.1 Å². The lowest BCUT2D eigenvalue weighted by atomic mass is 9.77. The molecule has 0 bridgehead atoms. The van der Waals surface area contributed by atoms with Crippen LogP contribution in [0.5, 0.6) is 0 Å². The number of nitrogens with zero attached hydrogens (tertiary/aromatic N) is 2. The molecule has 28 heavy (non-hydrogen) atoms. The number of rotatable bonds is 5. The van der Waals surface area contributed by atoms with Gasteiger partial charge in [-0.15, -0.1) is 0 Å². The average Bonchev–Trinajstić information content (AvgIpc) is 2.54. The molecule has 0 aliphatic heterocycles. The van der Waals surface area contributed by atoms with Gasteiger partial charge in [0, 0.05) is 23.9 Å². The van der Waals surface area contributed by atoms with Crippen molar-refractivity contribution < 1.29 is 18.7 Å². The summed E-state index contributed by atoms with van der Waals surface area (Å²) in [5, 5.41) is 17.5. The van der Waals surface area contributed by atoms with E-state index in [2.05, 4.69) is 10.4 Å². The molecule has 1 amide bonds. The summed E-state index contributed by atoms with van der Waals surface area (Å²) in [6.07, 6.45) is 0.925. The van der Waals surface area contributed by atoms with Crippen molar-refractivity contribution in [3.05, 3.63) is 39.8 Å². The van der Waals surface area contributed by atoms with E-state index in [4.69, 9.17) is 0 Å². The van der Waals surface area contributed by atoms with Crippen LogP contribution in [-0.2, 0) is 17.3 Å². The van der Waals surface area contributed by atoms with Crippen molar-refractivity contribution in [3.63, 3.8) is 0 Å². The smallest absolute Gasteiger partial charge is 0.275 e. The third-order valence-electron chi connectivity index (χ3n) is 5.07. The van der Waals surface area contributed by atoms with Gasteiger partial charge in [0.15, 0.2) is 0 Å². The number of nitrogens with one attached hydrogen (secondary N) is 1. The number of alkyl halides is 2. The minimum atomic E-state index is -3.03. The highest BCUT2D eigenvalue weighted by Crippen LogP contribution is 2.32. The van der Waals surface area contributed by atoms with E-state index in [1.165, 1.54) is 18.2 Å². The second-order valence-corrected chi connectivity index (χ2v) is 8.32. The first-order valence-electron chi connectivity index (χ1n) is 9.32. The van der Waals surface area contributed by atoms with Gasteiger partial charge in [-0.05, 0) is 37.8 Å². The molecule has 0 unspecified atom stereocenters. The van der Waals surface area contributed by atoms with Crippen molar-refractivity contribution in [3.8, 4) is 0 Å². The SMILES string of the molecule is CC(C)c1nn(CC(=O)NC2CC(C)(O)C2)c(=O)c2ccc(C(C)(F)F)cc12. The Bertz CT molecular complexity index is 969. The summed E-state index contributed by atoms with van der Waals surface area (Å²) in [7, 11) is 0. The van der Waals surface area contributed by atoms with E-state index in [1.54, 1.807) is 6.92 Å². The van der Waals surface area contributed by atoms with Gasteiger partial charge in [0.1, 0.15) is 6.54 Å². The molecule has 1 aliphatic rings. The summed E-state index contributed by atoms with van der Waals surface area (Å²) in [6.45, 7) is 5.95. The number of hydrogen-bond donors (Lipinski definition) is 2. The minimum Gasteiger partial charge on any atom is -0.390 e. The summed E-state index contributed by atoms with van der Waals surface area (Å²) in [6, 6.07) is 3.78. The lowest BCUT2D eigenvalue weighted by Crippen LogP contribution is -2.54. The predicted octanol–water partition coefficient (Wildman–Crippen LogP) is 2.66. The lowest BCUT2D eigenvalue weighted by Gasteiger charge is -2.41. The molecule has 1 aromatic heterocycles. The van der Waals surface area contributed by atoms with Gasteiger partial charge in [0.2, 0.25) is 5.91 Å². The van der Waals surface area contributed by atoms with Crippen LogP contribution in [-0.4, -0.2) is 32.4 Å². The zero-order valence-electron chi connectivity index (χ0n) is 16.4. The summed E-state index contributed by atoms with van der Waals surface area (Å²) < 4.78 is 28.5. The van der Waals surface area contributed by atoms with Gasteiger partial charge in [-0.3, -0.25) is 9.59 Å². The van der Waals surface area contributed by atoms with Gasteiger partial charge in [0.05, 0.1) is 16.7 Å². The Hall–Kier alpha value is -2.35. The predicted molar refractivity (Wildman–Crippen MR) is 101 cm³/mol. The maximum absolute atomic E-state index is 13.7. The largest absolute Gasteiger partial charge is 0.390 e. The molecule has 0 spiro atoms. The second kappa shape index (κ2) is 6.92. The van der Waals surface area contributed by atoms with Gasteiger partial charge >= 0.3 is 0 Å². The van der Waals surface area contributed by atoms with Crippen LogP contribution in [0.25, 0.3) is 10.8 Å². The number of carbonyl (C=O) groups is 1. The van der Waals surface area contributed by atoms with E-state index >= 15 is 0 Å². The van der Waals surface area contributed by atoms with Crippen molar-refractivity contribution in [2.75, 3.05) is 0 Å². The van der Waals surface area contributed by atoms with Gasteiger partial charge in [-0.25, -0.2) is 13.5 Å². The Morgan fingerprint density at radius 2 is 2.04 bits per heavy atom. The fourth-order valence-corrected chi connectivity index (χ4v) is 3.63. The van der Waals surface area contributed by atoms with Crippen LogP contribution in [0.2, 0.25) is 0 Å². The Labute approximate surface area is 161 Å². The molecule has 0 radical (unpaired) electrons. The summed E-state index contributed by atoms with van der Waals surface area (Å²) in [5.41, 5.74) is -0.961. The zero-order valence-corrected chi connectivity index (χ0v) is 16.4. The van der Waals surface area contributed by atoms with E-state index in [-0.39, 0.29) is 35.4 Å². The summed E-state index contributed by atoms with van der Waals surface area (Å²) >= 11 is 0. The van der Waals surface area contributed by atoms with E-state index in [0.29, 0.717) is 23.9 Å². The van der Waals surface area contributed by atoms with Crippen LogP contribution in [0.3, 0.4) is 0 Å². The molecule has 1 aromatic carbocycles. The quantitative estimate of drug-likeness (QED) is 0.818. The molecular weight excluding hydrogens is 368 g/mol. The number of carbonyl (C=O) groups excluding carboxylic acids is 1. The molecule has 0 saturated heterocycles. The van der Waals surface area contributed by atoms with Crippen molar-refractivity contribution >= 4 is 16.7 Å². The minimum absolute atomic E-state index is 0.125. The van der Waals surface area contributed by atoms with Crippen LogP contribution in [0.15, 0.2) is 23.0 Å². The molecule has 6 nitrogen and oxygen atoms in total. The number of benzene rings is 1. The third-order valence-corrected chi connectivity index (χ3v) is 5.07. The van der Waals surface area contributed by atoms with E-state index in [9.17, 15) is 23.5 Å². The number of fused-ring (bicyclic) bond motifs is 1.